The molecule has 0 amide bonds. The Kier molecular flexibility index (Phi) is 7.24. The second-order valence-corrected chi connectivity index (χ2v) is 9.11. The molecular weight excluding hydrogens is 380 g/mol. The molecule has 1 aromatic carbocycles. The van der Waals surface area contributed by atoms with Crippen molar-refractivity contribution in [3.63, 3.8) is 0 Å². The van der Waals surface area contributed by atoms with Crippen LogP contribution >= 0.6 is 22.9 Å². The van der Waals surface area contributed by atoms with Crippen LogP contribution in [0, 0.1) is 0 Å². The SMILES string of the molecule is CN(C)C(=NCc1ccccc1)NCCNS(=O)(=O)c1ccc(Cl)s1. The minimum absolute atomic E-state index is 0.211. The van der Waals surface area contributed by atoms with Gasteiger partial charge in [0.25, 0.3) is 0 Å². The Bertz CT molecular complexity index is 805. The van der Waals surface area contributed by atoms with Crippen LogP contribution in [0.15, 0.2) is 51.7 Å². The maximum absolute atomic E-state index is 12.1. The monoisotopic (exact) mass is 400 g/mol. The van der Waals surface area contributed by atoms with Crippen molar-refractivity contribution >= 4 is 38.9 Å². The Labute approximate surface area is 157 Å². The predicted octanol–water partition coefficient (Wildman–Crippen LogP) is 2.39. The lowest BCUT2D eigenvalue weighted by Gasteiger charge is -2.17. The smallest absolute Gasteiger partial charge is 0.250 e. The maximum Gasteiger partial charge on any atom is 0.250 e. The number of sulfonamides is 1. The first-order chi connectivity index (χ1) is 11.9. The van der Waals surface area contributed by atoms with Crippen molar-refractivity contribution in [2.24, 2.45) is 4.99 Å². The van der Waals surface area contributed by atoms with Gasteiger partial charge in [-0.15, -0.1) is 11.3 Å². The van der Waals surface area contributed by atoms with Crippen molar-refractivity contribution in [2.45, 2.75) is 10.8 Å². The normalized spacial score (nSPS) is 12.2. The van der Waals surface area contributed by atoms with Crippen LogP contribution in [0.25, 0.3) is 0 Å². The van der Waals surface area contributed by atoms with Gasteiger partial charge in [-0.2, -0.15) is 0 Å². The second-order valence-electron chi connectivity index (χ2n) is 5.40. The molecule has 0 aliphatic heterocycles. The first-order valence-corrected chi connectivity index (χ1v) is 10.3. The van der Waals surface area contributed by atoms with Crippen molar-refractivity contribution < 1.29 is 8.42 Å². The molecule has 0 aliphatic rings. The molecule has 6 nitrogen and oxygen atoms in total. The maximum atomic E-state index is 12.1. The molecular formula is C16H21ClN4O2S2. The van der Waals surface area contributed by atoms with E-state index in [9.17, 15) is 8.42 Å². The van der Waals surface area contributed by atoms with Gasteiger partial charge in [-0.3, -0.25) is 0 Å². The highest BCUT2D eigenvalue weighted by atomic mass is 35.5. The van der Waals surface area contributed by atoms with E-state index in [4.69, 9.17) is 11.6 Å². The third-order valence-corrected chi connectivity index (χ3v) is 6.38. The minimum Gasteiger partial charge on any atom is -0.355 e. The Hall–Kier alpha value is -1.61. The van der Waals surface area contributed by atoms with Crippen molar-refractivity contribution in [3.8, 4) is 0 Å². The summed E-state index contributed by atoms with van der Waals surface area (Å²) in [5, 5.41) is 3.15. The molecule has 2 aromatic rings. The molecule has 0 atom stereocenters. The fourth-order valence-electron chi connectivity index (χ4n) is 1.98. The minimum atomic E-state index is -3.52. The third kappa shape index (κ3) is 6.32. The molecule has 0 fully saturated rings. The second kappa shape index (κ2) is 9.19. The Morgan fingerprint density at radius 2 is 1.88 bits per heavy atom. The first kappa shape index (κ1) is 19.7. The van der Waals surface area contributed by atoms with Crippen LogP contribution in [-0.2, 0) is 16.6 Å². The number of hydrogen-bond acceptors (Lipinski definition) is 4. The highest BCUT2D eigenvalue weighted by Gasteiger charge is 2.15. The summed E-state index contributed by atoms with van der Waals surface area (Å²) in [5.41, 5.74) is 1.11. The largest absolute Gasteiger partial charge is 0.355 e. The van der Waals surface area contributed by atoms with Gasteiger partial charge in [-0.05, 0) is 17.7 Å². The third-order valence-electron chi connectivity index (χ3n) is 3.19. The quantitative estimate of drug-likeness (QED) is 0.425. The number of benzene rings is 1. The highest BCUT2D eigenvalue weighted by molar-refractivity contribution is 7.91. The van der Waals surface area contributed by atoms with Gasteiger partial charge in [-0.25, -0.2) is 18.1 Å². The summed E-state index contributed by atoms with van der Waals surface area (Å²) in [6.07, 6.45) is 0. The lowest BCUT2D eigenvalue weighted by Crippen LogP contribution is -2.40. The van der Waals surface area contributed by atoms with Gasteiger partial charge in [0.05, 0.1) is 10.9 Å². The summed E-state index contributed by atoms with van der Waals surface area (Å²) < 4.78 is 27.4. The van der Waals surface area contributed by atoms with E-state index in [1.165, 1.54) is 6.07 Å². The highest BCUT2D eigenvalue weighted by Crippen LogP contribution is 2.25. The summed E-state index contributed by atoms with van der Waals surface area (Å²) in [6, 6.07) is 13.0. The van der Waals surface area contributed by atoms with Crippen LogP contribution in [-0.4, -0.2) is 46.5 Å². The molecule has 0 radical (unpaired) electrons. The molecule has 0 saturated heterocycles. The lowest BCUT2D eigenvalue weighted by atomic mass is 10.2. The number of hydrogen-bond donors (Lipinski definition) is 2. The van der Waals surface area contributed by atoms with E-state index in [0.29, 0.717) is 23.4 Å². The topological polar surface area (TPSA) is 73.8 Å². The zero-order chi connectivity index (χ0) is 18.3. The molecule has 1 aromatic heterocycles. The number of thiophene rings is 1. The summed E-state index contributed by atoms with van der Waals surface area (Å²) in [7, 11) is 0.245. The molecule has 0 bridgehead atoms. The number of aliphatic imine (C=N–C) groups is 1. The number of halogens is 1. The molecule has 9 heteroatoms. The number of guanidine groups is 1. The predicted molar refractivity (Wildman–Crippen MR) is 104 cm³/mol. The Morgan fingerprint density at radius 1 is 1.16 bits per heavy atom. The number of rotatable bonds is 7. The van der Waals surface area contributed by atoms with Gasteiger partial charge < -0.3 is 10.2 Å². The average Bonchev–Trinajstić information content (AvgIpc) is 3.02. The standard InChI is InChI=1S/C16H21ClN4O2S2/c1-21(2)16(19-12-13-6-4-3-5-7-13)18-10-11-20-25(22,23)15-9-8-14(17)24-15/h3-9,20H,10-12H2,1-2H3,(H,18,19). The van der Waals surface area contributed by atoms with Gasteiger partial charge in [0.1, 0.15) is 4.21 Å². The molecule has 25 heavy (non-hydrogen) atoms. The summed E-state index contributed by atoms with van der Waals surface area (Å²) in [5.74, 6) is 0.696. The van der Waals surface area contributed by atoms with Gasteiger partial charge >= 0.3 is 0 Å². The molecule has 2 N–H and O–H groups in total. The average molecular weight is 401 g/mol. The molecule has 0 aliphatic carbocycles. The van der Waals surface area contributed by atoms with Crippen LogP contribution in [0.2, 0.25) is 4.34 Å². The van der Waals surface area contributed by atoms with Crippen LogP contribution < -0.4 is 10.0 Å². The van der Waals surface area contributed by atoms with E-state index in [1.54, 1.807) is 6.07 Å². The molecule has 136 valence electrons. The van der Waals surface area contributed by atoms with E-state index in [2.05, 4.69) is 15.0 Å². The lowest BCUT2D eigenvalue weighted by molar-refractivity contribution is 0.568. The zero-order valence-corrected chi connectivity index (χ0v) is 16.5. The Morgan fingerprint density at radius 3 is 2.48 bits per heavy atom. The van der Waals surface area contributed by atoms with Gasteiger partial charge in [0, 0.05) is 27.2 Å². The van der Waals surface area contributed by atoms with Crippen LogP contribution in [0.5, 0.6) is 0 Å². The summed E-state index contributed by atoms with van der Waals surface area (Å²) in [6.45, 7) is 1.22. The van der Waals surface area contributed by atoms with Crippen LogP contribution in [0.1, 0.15) is 5.56 Å². The van der Waals surface area contributed by atoms with E-state index < -0.39 is 10.0 Å². The van der Waals surface area contributed by atoms with E-state index in [0.717, 1.165) is 16.9 Å². The molecule has 1 heterocycles. The van der Waals surface area contributed by atoms with Gasteiger partial charge in [0.15, 0.2) is 5.96 Å². The Balaban J connectivity index is 1.85. The summed E-state index contributed by atoms with van der Waals surface area (Å²) in [4.78, 5) is 6.39. The van der Waals surface area contributed by atoms with Gasteiger partial charge in [0.2, 0.25) is 10.0 Å². The van der Waals surface area contributed by atoms with Crippen LogP contribution in [0.4, 0.5) is 0 Å². The van der Waals surface area contributed by atoms with Crippen molar-refractivity contribution in [1.82, 2.24) is 14.9 Å². The van der Waals surface area contributed by atoms with Gasteiger partial charge in [-0.1, -0.05) is 41.9 Å². The van der Waals surface area contributed by atoms with E-state index in [1.807, 2.05) is 49.3 Å². The molecule has 0 unspecified atom stereocenters. The van der Waals surface area contributed by atoms with E-state index in [-0.39, 0.29) is 10.8 Å². The number of nitrogens with zero attached hydrogens (tertiary/aromatic N) is 2. The fourth-order valence-corrected chi connectivity index (χ4v) is 4.54. The van der Waals surface area contributed by atoms with Crippen molar-refractivity contribution in [2.75, 3.05) is 27.2 Å². The van der Waals surface area contributed by atoms with Crippen molar-refractivity contribution in [1.29, 1.82) is 0 Å². The number of nitrogens with one attached hydrogen (secondary N) is 2. The zero-order valence-electron chi connectivity index (χ0n) is 14.1. The first-order valence-electron chi connectivity index (χ1n) is 7.63. The fraction of sp³-hybridized carbons (Fsp3) is 0.312. The van der Waals surface area contributed by atoms with Crippen LogP contribution in [0.3, 0.4) is 0 Å². The molecule has 0 saturated carbocycles. The molecule has 0 spiro atoms. The molecule has 2 rings (SSSR count). The van der Waals surface area contributed by atoms with Crippen molar-refractivity contribution in [3.05, 3.63) is 52.4 Å². The van der Waals surface area contributed by atoms with E-state index >= 15 is 0 Å². The summed E-state index contributed by atoms with van der Waals surface area (Å²) >= 11 is 6.81.